The summed E-state index contributed by atoms with van der Waals surface area (Å²) >= 11 is 0. The molecule has 0 aromatic heterocycles. The van der Waals surface area contributed by atoms with Crippen molar-refractivity contribution in [1.82, 2.24) is 0 Å². The number of urea groups is 1. The fraction of sp³-hybridized carbons (Fsp3) is 0.125. The van der Waals surface area contributed by atoms with Crippen LogP contribution in [0, 0.1) is 10.1 Å². The molecule has 3 N–H and O–H groups in total. The van der Waals surface area contributed by atoms with E-state index in [1.54, 1.807) is 0 Å². The molecule has 0 heterocycles. The molecule has 98 valence electrons. The number of benzene rings is 1. The van der Waals surface area contributed by atoms with E-state index >= 15 is 0 Å². The molecule has 0 aliphatic carbocycles. The van der Waals surface area contributed by atoms with Crippen molar-refractivity contribution < 1.29 is 28.0 Å². The number of halogens is 3. The molecule has 0 aliphatic heterocycles. The van der Waals surface area contributed by atoms with E-state index in [0.29, 0.717) is 18.2 Å². The van der Waals surface area contributed by atoms with E-state index in [1.807, 2.05) is 0 Å². The van der Waals surface area contributed by atoms with E-state index in [-0.39, 0.29) is 0 Å². The third-order valence-corrected chi connectivity index (χ3v) is 1.88. The Morgan fingerprint density at radius 2 is 2.00 bits per heavy atom. The molecule has 0 bridgehead atoms. The van der Waals surface area contributed by atoms with E-state index in [1.165, 1.54) is 0 Å². The maximum absolute atomic E-state index is 12.5. The van der Waals surface area contributed by atoms with Gasteiger partial charge in [-0.1, -0.05) is 0 Å². The van der Waals surface area contributed by atoms with Gasteiger partial charge in [-0.05, 0) is 6.07 Å². The monoisotopic (exact) mass is 265 g/mol. The topological polar surface area (TPSA) is 110 Å². The van der Waals surface area contributed by atoms with Crippen LogP contribution in [0.1, 0.15) is 0 Å². The van der Waals surface area contributed by atoms with Gasteiger partial charge in [0.1, 0.15) is 5.75 Å². The summed E-state index contributed by atoms with van der Waals surface area (Å²) in [6.45, 7) is 0. The van der Waals surface area contributed by atoms with Gasteiger partial charge in [0.05, 0.1) is 16.7 Å². The molecule has 18 heavy (non-hydrogen) atoms. The fourth-order valence-electron chi connectivity index (χ4n) is 1.19. The first-order valence-electron chi connectivity index (χ1n) is 4.28. The summed E-state index contributed by atoms with van der Waals surface area (Å²) in [4.78, 5) is 19.3. The van der Waals surface area contributed by atoms with E-state index in [4.69, 9.17) is 0 Å². The minimum atomic E-state index is -5.15. The van der Waals surface area contributed by atoms with E-state index in [9.17, 15) is 33.2 Å². The van der Waals surface area contributed by atoms with Crippen LogP contribution in [-0.4, -0.2) is 22.4 Å². The largest absolute Gasteiger partial charge is 0.505 e. The number of non-ortho nitro benzene ring substituents is 1. The van der Waals surface area contributed by atoms with Gasteiger partial charge in [-0.25, -0.2) is 9.69 Å². The van der Waals surface area contributed by atoms with E-state index in [2.05, 4.69) is 5.73 Å². The van der Waals surface area contributed by atoms with Gasteiger partial charge >= 0.3 is 12.3 Å². The highest BCUT2D eigenvalue weighted by molar-refractivity contribution is 5.93. The minimum Gasteiger partial charge on any atom is -0.505 e. The molecule has 10 heteroatoms. The third-order valence-electron chi connectivity index (χ3n) is 1.88. The fourth-order valence-corrected chi connectivity index (χ4v) is 1.19. The third kappa shape index (κ3) is 2.59. The van der Waals surface area contributed by atoms with Crippen molar-refractivity contribution in [3.8, 4) is 5.75 Å². The predicted molar refractivity (Wildman–Crippen MR) is 52.9 cm³/mol. The first-order valence-corrected chi connectivity index (χ1v) is 4.28. The molecule has 0 saturated carbocycles. The van der Waals surface area contributed by atoms with Gasteiger partial charge in [0.15, 0.2) is 0 Å². The van der Waals surface area contributed by atoms with Gasteiger partial charge in [-0.2, -0.15) is 0 Å². The maximum atomic E-state index is 12.5. The number of phenolic OH excluding ortho intramolecular Hbond substituents is 1. The molecule has 0 saturated heterocycles. The molecule has 0 atom stereocenters. The molecule has 1 rings (SSSR count). The van der Waals surface area contributed by atoms with Gasteiger partial charge < -0.3 is 10.8 Å². The lowest BCUT2D eigenvalue weighted by Crippen LogP contribution is -2.46. The number of nitrogens with two attached hydrogens (primary N) is 1. The predicted octanol–water partition coefficient (Wildman–Crippen LogP) is 1.71. The number of hydrogen-bond acceptors (Lipinski definition) is 4. The first kappa shape index (κ1) is 13.5. The van der Waals surface area contributed by atoms with Crippen LogP contribution in [0.25, 0.3) is 0 Å². The Kier molecular flexibility index (Phi) is 3.30. The highest BCUT2D eigenvalue weighted by Crippen LogP contribution is 2.36. The molecule has 0 radical (unpaired) electrons. The smallest absolute Gasteiger partial charge is 0.493 e. The lowest BCUT2D eigenvalue weighted by Gasteiger charge is -2.23. The molecule has 0 aliphatic rings. The van der Waals surface area contributed by atoms with Gasteiger partial charge in [0, 0.05) is 6.07 Å². The molecule has 0 unspecified atom stereocenters. The number of carbonyl (C=O) groups is 1. The van der Waals surface area contributed by atoms with Crippen LogP contribution >= 0.6 is 0 Å². The van der Waals surface area contributed by atoms with Crippen molar-refractivity contribution in [2.75, 3.05) is 4.90 Å². The van der Waals surface area contributed by atoms with Crippen LogP contribution < -0.4 is 10.6 Å². The zero-order valence-electron chi connectivity index (χ0n) is 8.51. The zero-order valence-corrected chi connectivity index (χ0v) is 8.51. The molecular weight excluding hydrogens is 259 g/mol. The van der Waals surface area contributed by atoms with Gasteiger partial charge in [0.2, 0.25) is 0 Å². The van der Waals surface area contributed by atoms with Crippen molar-refractivity contribution in [2.45, 2.75) is 6.30 Å². The quantitative estimate of drug-likeness (QED) is 0.481. The van der Waals surface area contributed by atoms with Crippen molar-refractivity contribution in [3.05, 3.63) is 28.3 Å². The second-order valence-electron chi connectivity index (χ2n) is 3.07. The summed E-state index contributed by atoms with van der Waals surface area (Å²) in [6, 6.07) is -0.105. The highest BCUT2D eigenvalue weighted by Gasteiger charge is 2.42. The van der Waals surface area contributed by atoms with Gasteiger partial charge in [-0.15, -0.1) is 13.2 Å². The molecule has 1 aromatic rings. The van der Waals surface area contributed by atoms with Crippen LogP contribution in [0.15, 0.2) is 18.2 Å². The second kappa shape index (κ2) is 4.39. The van der Waals surface area contributed by atoms with E-state index in [0.717, 1.165) is 0 Å². The number of aromatic hydroxyl groups is 1. The first-order chi connectivity index (χ1) is 8.14. The normalized spacial score (nSPS) is 11.1. The van der Waals surface area contributed by atoms with Gasteiger partial charge in [-0.3, -0.25) is 10.1 Å². The molecule has 2 amide bonds. The summed E-state index contributed by atoms with van der Waals surface area (Å²) in [5.74, 6) is -1.08. The standard InChI is InChI=1S/C8H6F3N3O4/c9-8(10,11)13(7(12)16)5-2-1-4(14(17)18)3-6(5)15/h1-3,15H,(H2,12,16). The Morgan fingerprint density at radius 1 is 1.44 bits per heavy atom. The average Bonchev–Trinajstić information content (AvgIpc) is 2.17. The number of phenols is 1. The number of hydrogen-bond donors (Lipinski definition) is 2. The molecule has 0 spiro atoms. The molecule has 7 nitrogen and oxygen atoms in total. The lowest BCUT2D eigenvalue weighted by atomic mass is 10.2. The van der Waals surface area contributed by atoms with Gasteiger partial charge in [0.25, 0.3) is 5.69 Å². The number of anilines is 1. The van der Waals surface area contributed by atoms with Crippen LogP contribution in [0.5, 0.6) is 5.75 Å². The zero-order chi connectivity index (χ0) is 14.1. The number of primary amides is 1. The Morgan fingerprint density at radius 3 is 2.33 bits per heavy atom. The summed E-state index contributed by atoms with van der Waals surface area (Å²) in [6.07, 6.45) is -5.15. The average molecular weight is 265 g/mol. The Hall–Kier alpha value is -2.52. The van der Waals surface area contributed by atoms with Crippen molar-refractivity contribution in [3.63, 3.8) is 0 Å². The Balaban J connectivity index is 3.31. The number of carbonyl (C=O) groups excluding carboxylic acids is 1. The van der Waals surface area contributed by atoms with Crippen molar-refractivity contribution in [2.24, 2.45) is 5.73 Å². The molecule has 0 fully saturated rings. The summed E-state index contributed by atoms with van der Waals surface area (Å²) in [5.41, 5.74) is 2.94. The number of nitrogens with zero attached hydrogens (tertiary/aromatic N) is 2. The summed E-state index contributed by atoms with van der Waals surface area (Å²) < 4.78 is 37.4. The maximum Gasteiger partial charge on any atom is 0.493 e. The van der Waals surface area contributed by atoms with Crippen LogP contribution in [0.3, 0.4) is 0 Å². The van der Waals surface area contributed by atoms with Crippen LogP contribution in [0.2, 0.25) is 0 Å². The van der Waals surface area contributed by atoms with Crippen LogP contribution in [-0.2, 0) is 0 Å². The summed E-state index contributed by atoms with van der Waals surface area (Å²) in [7, 11) is 0. The second-order valence-corrected chi connectivity index (χ2v) is 3.07. The SMILES string of the molecule is NC(=O)N(c1ccc([N+](=O)[O-])cc1O)C(F)(F)F. The number of amides is 2. The number of rotatable bonds is 2. The Bertz CT molecular complexity index is 503. The lowest BCUT2D eigenvalue weighted by molar-refractivity contribution is -0.384. The van der Waals surface area contributed by atoms with Crippen LogP contribution in [0.4, 0.5) is 29.3 Å². The molecular formula is C8H6F3N3O4. The number of nitro groups is 1. The highest BCUT2D eigenvalue weighted by atomic mass is 19.4. The van der Waals surface area contributed by atoms with Crippen molar-refractivity contribution in [1.29, 1.82) is 0 Å². The molecule has 1 aromatic carbocycles. The summed E-state index contributed by atoms with van der Waals surface area (Å²) in [5, 5.41) is 19.6. The number of nitro benzene ring substituents is 1. The number of alkyl halides is 3. The van der Waals surface area contributed by atoms with E-state index < -0.39 is 39.3 Å². The van der Waals surface area contributed by atoms with Crippen molar-refractivity contribution >= 4 is 17.4 Å². The Labute approximate surface area is 97.4 Å². The minimum absolute atomic E-state index is 0.483.